The van der Waals surface area contributed by atoms with Crippen LogP contribution in [0.1, 0.15) is 26.7 Å². The molecule has 0 spiro atoms. The van der Waals surface area contributed by atoms with Gasteiger partial charge in [-0.2, -0.15) is 0 Å². The Hall–Kier alpha value is -1.14. The third-order valence-electron chi connectivity index (χ3n) is 4.68. The highest BCUT2D eigenvalue weighted by Crippen LogP contribution is 2.11. The van der Waals surface area contributed by atoms with E-state index in [0.29, 0.717) is 32.7 Å². The summed E-state index contributed by atoms with van der Waals surface area (Å²) in [6.45, 7) is 8.88. The Morgan fingerprint density at radius 2 is 1.48 bits per heavy atom. The van der Waals surface area contributed by atoms with Crippen molar-refractivity contribution in [3.63, 3.8) is 0 Å². The third kappa shape index (κ3) is 4.17. The smallest absolute Gasteiger partial charge is 0.236 e. The molecule has 21 heavy (non-hydrogen) atoms. The molecule has 0 aliphatic carbocycles. The first-order valence-electron chi connectivity index (χ1n) is 8.03. The molecule has 2 heterocycles. The first kappa shape index (κ1) is 16.2. The van der Waals surface area contributed by atoms with Crippen molar-refractivity contribution in [3.05, 3.63) is 0 Å². The summed E-state index contributed by atoms with van der Waals surface area (Å²) in [4.78, 5) is 30.4. The van der Waals surface area contributed by atoms with Gasteiger partial charge in [0.05, 0.1) is 12.5 Å². The molecule has 6 heteroatoms. The summed E-state index contributed by atoms with van der Waals surface area (Å²) >= 11 is 0. The van der Waals surface area contributed by atoms with E-state index < -0.39 is 0 Å². The predicted octanol–water partition coefficient (Wildman–Crippen LogP) is -0.264. The van der Waals surface area contributed by atoms with Crippen molar-refractivity contribution in [2.45, 2.75) is 32.7 Å². The number of likely N-dealkylation sites (tertiary alicyclic amines) is 1. The summed E-state index contributed by atoms with van der Waals surface area (Å²) in [6.07, 6.45) is 2.40. The van der Waals surface area contributed by atoms with E-state index in [9.17, 15) is 9.59 Å². The van der Waals surface area contributed by atoms with E-state index >= 15 is 0 Å². The molecule has 0 radical (unpaired) electrons. The lowest BCUT2D eigenvalue weighted by Gasteiger charge is -2.37. The second kappa shape index (κ2) is 7.22. The monoisotopic (exact) mass is 296 g/mol. The van der Waals surface area contributed by atoms with Crippen molar-refractivity contribution in [1.29, 1.82) is 0 Å². The number of nitrogens with two attached hydrogens (primary N) is 1. The fourth-order valence-electron chi connectivity index (χ4n) is 2.92. The van der Waals surface area contributed by atoms with Crippen LogP contribution < -0.4 is 5.73 Å². The van der Waals surface area contributed by atoms with Crippen LogP contribution in [0.2, 0.25) is 0 Å². The van der Waals surface area contributed by atoms with E-state index in [2.05, 4.69) is 4.90 Å². The lowest BCUT2D eigenvalue weighted by Crippen LogP contribution is -2.54. The maximum Gasteiger partial charge on any atom is 0.236 e. The quantitative estimate of drug-likeness (QED) is 0.776. The van der Waals surface area contributed by atoms with Gasteiger partial charge in [-0.05, 0) is 32.9 Å². The van der Waals surface area contributed by atoms with Crippen molar-refractivity contribution >= 4 is 11.8 Å². The van der Waals surface area contributed by atoms with Crippen LogP contribution in [0.25, 0.3) is 0 Å². The molecule has 0 saturated carbocycles. The molecular formula is C15H28N4O2. The van der Waals surface area contributed by atoms with Gasteiger partial charge in [0.1, 0.15) is 0 Å². The molecule has 2 aliphatic heterocycles. The number of carbonyl (C=O) groups excluding carboxylic acids is 2. The molecule has 2 unspecified atom stereocenters. The largest absolute Gasteiger partial charge is 0.339 e. The van der Waals surface area contributed by atoms with Gasteiger partial charge in [0.2, 0.25) is 11.8 Å². The zero-order chi connectivity index (χ0) is 15.4. The molecule has 2 amide bonds. The molecule has 0 aromatic carbocycles. The SMILES string of the molecule is CC(N)C(C)C(=O)N1CCN(C(=O)CN2CCCC2)CC1. The van der Waals surface area contributed by atoms with Crippen LogP contribution in [0.15, 0.2) is 0 Å². The van der Waals surface area contributed by atoms with Crippen LogP contribution in [-0.2, 0) is 9.59 Å². The average molecular weight is 296 g/mol. The number of amides is 2. The predicted molar refractivity (Wildman–Crippen MR) is 81.6 cm³/mol. The number of hydrogen-bond acceptors (Lipinski definition) is 4. The van der Waals surface area contributed by atoms with Gasteiger partial charge in [-0.1, -0.05) is 6.92 Å². The van der Waals surface area contributed by atoms with E-state index in [4.69, 9.17) is 5.73 Å². The summed E-state index contributed by atoms with van der Waals surface area (Å²) in [5, 5.41) is 0. The highest BCUT2D eigenvalue weighted by Gasteiger charge is 2.28. The second-order valence-electron chi connectivity index (χ2n) is 6.34. The van der Waals surface area contributed by atoms with Crippen molar-refractivity contribution < 1.29 is 9.59 Å². The highest BCUT2D eigenvalue weighted by molar-refractivity contribution is 5.81. The Bertz CT molecular complexity index is 372. The maximum atomic E-state index is 12.2. The second-order valence-corrected chi connectivity index (χ2v) is 6.34. The zero-order valence-electron chi connectivity index (χ0n) is 13.3. The third-order valence-corrected chi connectivity index (χ3v) is 4.68. The van der Waals surface area contributed by atoms with Gasteiger partial charge in [0.25, 0.3) is 0 Å². The van der Waals surface area contributed by atoms with Crippen LogP contribution in [0.4, 0.5) is 0 Å². The van der Waals surface area contributed by atoms with Gasteiger partial charge in [-0.15, -0.1) is 0 Å². The normalized spacial score (nSPS) is 23.2. The van der Waals surface area contributed by atoms with E-state index in [1.54, 1.807) is 0 Å². The van der Waals surface area contributed by atoms with Crippen LogP contribution in [0.3, 0.4) is 0 Å². The lowest BCUT2D eigenvalue weighted by molar-refractivity contribution is -0.142. The Labute approximate surface area is 127 Å². The molecule has 0 bridgehead atoms. The van der Waals surface area contributed by atoms with Gasteiger partial charge in [0, 0.05) is 32.2 Å². The molecule has 2 N–H and O–H groups in total. The molecule has 2 aliphatic rings. The minimum atomic E-state index is -0.156. The number of carbonyl (C=O) groups is 2. The Kier molecular flexibility index (Phi) is 5.58. The maximum absolute atomic E-state index is 12.2. The minimum absolute atomic E-state index is 0.108. The van der Waals surface area contributed by atoms with Gasteiger partial charge >= 0.3 is 0 Å². The van der Waals surface area contributed by atoms with Crippen LogP contribution >= 0.6 is 0 Å². The van der Waals surface area contributed by atoms with Gasteiger partial charge in [-0.3, -0.25) is 14.5 Å². The van der Waals surface area contributed by atoms with Crippen molar-refractivity contribution in [3.8, 4) is 0 Å². The van der Waals surface area contributed by atoms with Gasteiger partial charge < -0.3 is 15.5 Å². The molecule has 2 atom stereocenters. The van der Waals surface area contributed by atoms with Crippen LogP contribution in [0, 0.1) is 5.92 Å². The fraction of sp³-hybridized carbons (Fsp3) is 0.867. The molecule has 120 valence electrons. The summed E-state index contributed by atoms with van der Waals surface area (Å²) in [6, 6.07) is -0.132. The highest BCUT2D eigenvalue weighted by atomic mass is 16.2. The first-order valence-corrected chi connectivity index (χ1v) is 8.03. The summed E-state index contributed by atoms with van der Waals surface area (Å²) in [5.41, 5.74) is 5.79. The van der Waals surface area contributed by atoms with E-state index in [1.165, 1.54) is 12.8 Å². The molecular weight excluding hydrogens is 268 g/mol. The molecule has 2 fully saturated rings. The molecule has 2 rings (SSSR count). The number of piperazine rings is 1. The zero-order valence-corrected chi connectivity index (χ0v) is 13.3. The van der Waals surface area contributed by atoms with E-state index in [1.807, 2.05) is 23.6 Å². The standard InChI is InChI=1S/C15H28N4O2/c1-12(13(2)16)15(21)19-9-7-18(8-10-19)14(20)11-17-5-3-4-6-17/h12-13H,3-11,16H2,1-2H3. The Balaban J connectivity index is 1.77. The summed E-state index contributed by atoms with van der Waals surface area (Å²) in [5.74, 6) is 0.151. The van der Waals surface area contributed by atoms with E-state index in [-0.39, 0.29) is 23.8 Å². The number of hydrogen-bond donors (Lipinski definition) is 1. The summed E-state index contributed by atoms with van der Waals surface area (Å²) < 4.78 is 0. The Morgan fingerprint density at radius 3 is 2.00 bits per heavy atom. The topological polar surface area (TPSA) is 69.9 Å². The van der Waals surface area contributed by atoms with E-state index in [0.717, 1.165) is 13.1 Å². The van der Waals surface area contributed by atoms with Gasteiger partial charge in [0.15, 0.2) is 0 Å². The number of nitrogens with zero attached hydrogens (tertiary/aromatic N) is 3. The first-order chi connectivity index (χ1) is 9.99. The number of rotatable bonds is 4. The van der Waals surface area contributed by atoms with Crippen LogP contribution in [0.5, 0.6) is 0 Å². The van der Waals surface area contributed by atoms with Crippen molar-refractivity contribution in [1.82, 2.24) is 14.7 Å². The average Bonchev–Trinajstić information content (AvgIpc) is 2.98. The molecule has 0 aromatic rings. The molecule has 2 saturated heterocycles. The lowest BCUT2D eigenvalue weighted by atomic mass is 10.0. The summed E-state index contributed by atoms with van der Waals surface area (Å²) in [7, 11) is 0. The fourth-order valence-corrected chi connectivity index (χ4v) is 2.92. The Morgan fingerprint density at radius 1 is 0.952 bits per heavy atom. The minimum Gasteiger partial charge on any atom is -0.339 e. The van der Waals surface area contributed by atoms with Crippen LogP contribution in [-0.4, -0.2) is 78.4 Å². The molecule has 6 nitrogen and oxygen atoms in total. The molecule has 0 aromatic heterocycles. The van der Waals surface area contributed by atoms with Crippen molar-refractivity contribution in [2.24, 2.45) is 11.7 Å². The van der Waals surface area contributed by atoms with Gasteiger partial charge in [-0.25, -0.2) is 0 Å². The van der Waals surface area contributed by atoms with Crippen molar-refractivity contribution in [2.75, 3.05) is 45.8 Å².